The average Bonchev–Trinajstić information content (AvgIpc) is 2.65. The first kappa shape index (κ1) is 16.8. The Bertz CT molecular complexity index is 487. The topological polar surface area (TPSA) is 88.1 Å². The van der Waals surface area contributed by atoms with E-state index in [1.807, 2.05) is 33.8 Å². The summed E-state index contributed by atoms with van der Waals surface area (Å²) in [5, 5.41) is 10.6. The van der Waals surface area contributed by atoms with E-state index in [0.717, 1.165) is 5.47 Å². The number of carbonyl (C=O) groups excluding carboxylic acids is 1. The highest BCUT2D eigenvalue weighted by Gasteiger charge is 2.52. The van der Waals surface area contributed by atoms with Gasteiger partial charge in [0, 0.05) is 13.1 Å². The van der Waals surface area contributed by atoms with E-state index >= 15 is 0 Å². The lowest BCUT2D eigenvalue weighted by molar-refractivity contribution is -0.129. The molecule has 0 bridgehead atoms. The Balaban J connectivity index is 1.93. The largest absolute Gasteiger partial charge is 0.490 e. The second-order valence-corrected chi connectivity index (χ2v) is 6.62. The summed E-state index contributed by atoms with van der Waals surface area (Å²) in [6, 6.07) is 0. The van der Waals surface area contributed by atoms with Gasteiger partial charge in [-0.3, -0.25) is 4.79 Å². The molecule has 0 aromatic carbocycles. The first-order chi connectivity index (χ1) is 10.1. The van der Waals surface area contributed by atoms with Crippen LogP contribution in [-0.2, 0) is 14.1 Å². The molecule has 8 heteroatoms. The molecule has 122 valence electrons. The maximum absolute atomic E-state index is 11.8. The van der Waals surface area contributed by atoms with Crippen molar-refractivity contribution in [3.63, 3.8) is 0 Å². The molecule has 2 rings (SSSR count). The summed E-state index contributed by atoms with van der Waals surface area (Å²) in [5.74, 6) is -0.230. The number of amides is 2. The molecule has 2 N–H and O–H groups in total. The van der Waals surface area contributed by atoms with Crippen LogP contribution < -0.4 is 5.32 Å². The summed E-state index contributed by atoms with van der Waals surface area (Å²) >= 11 is 0. The minimum absolute atomic E-state index is 0.199. The predicted molar refractivity (Wildman–Crippen MR) is 81.4 cm³/mol. The maximum atomic E-state index is 11.8. The van der Waals surface area contributed by atoms with Crippen molar-refractivity contribution < 1.29 is 24.0 Å². The second kappa shape index (κ2) is 5.93. The third-order valence-electron chi connectivity index (χ3n) is 4.54. The molecule has 2 aliphatic heterocycles. The zero-order valence-electron chi connectivity index (χ0n) is 13.5. The van der Waals surface area contributed by atoms with E-state index in [0.29, 0.717) is 19.5 Å². The number of hydrogen-bond acceptors (Lipinski definition) is 4. The average molecular weight is 310 g/mol. The number of hydrogen-bond donors (Lipinski definition) is 2. The third-order valence-corrected chi connectivity index (χ3v) is 4.54. The molecule has 0 atom stereocenters. The molecule has 22 heavy (non-hydrogen) atoms. The van der Waals surface area contributed by atoms with Crippen LogP contribution >= 0.6 is 0 Å². The molecule has 0 unspecified atom stereocenters. The molecular weight excluding hydrogens is 287 g/mol. The summed E-state index contributed by atoms with van der Waals surface area (Å²) in [4.78, 5) is 23.9. The van der Waals surface area contributed by atoms with Crippen LogP contribution in [0.5, 0.6) is 0 Å². The van der Waals surface area contributed by atoms with Gasteiger partial charge in [-0.05, 0) is 39.6 Å². The van der Waals surface area contributed by atoms with Crippen LogP contribution in [0.4, 0.5) is 4.79 Å². The van der Waals surface area contributed by atoms with E-state index < -0.39 is 6.09 Å². The fraction of sp³-hybridized carbons (Fsp3) is 0.714. The van der Waals surface area contributed by atoms with Gasteiger partial charge in [-0.15, -0.1) is 0 Å². The van der Waals surface area contributed by atoms with Crippen LogP contribution in [0.25, 0.3) is 0 Å². The monoisotopic (exact) mass is 310 g/mol. The van der Waals surface area contributed by atoms with Crippen molar-refractivity contribution in [2.24, 2.45) is 0 Å². The molecule has 2 heterocycles. The van der Waals surface area contributed by atoms with Gasteiger partial charge >= 0.3 is 13.2 Å². The minimum atomic E-state index is -1.20. The summed E-state index contributed by atoms with van der Waals surface area (Å²) in [7, 11) is -0.376. The molecule has 0 saturated carbocycles. The summed E-state index contributed by atoms with van der Waals surface area (Å²) in [6.45, 7) is 8.80. The molecule has 0 spiro atoms. The lowest BCUT2D eigenvalue weighted by Gasteiger charge is -2.32. The standard InChI is InChI=1S/C14H23BN2O5/c1-13(2)14(3,4)22-15(21-13)10-5-7-17(8-6-10)11(18)9-16-12(19)20/h5,16H,6-9H2,1-4H3,(H,19,20). The highest BCUT2D eigenvalue weighted by Crippen LogP contribution is 2.39. The number of carbonyl (C=O) groups is 2. The smallest absolute Gasteiger partial charge is 0.465 e. The molecule has 2 aliphatic rings. The van der Waals surface area contributed by atoms with Crippen molar-refractivity contribution in [3.8, 4) is 0 Å². The first-order valence-electron chi connectivity index (χ1n) is 7.41. The van der Waals surface area contributed by atoms with Crippen LogP contribution in [0.2, 0.25) is 0 Å². The Morgan fingerprint density at radius 3 is 2.36 bits per heavy atom. The summed E-state index contributed by atoms with van der Waals surface area (Å²) in [6.07, 6.45) is 1.40. The predicted octanol–water partition coefficient (Wildman–Crippen LogP) is 1.04. The van der Waals surface area contributed by atoms with Gasteiger partial charge in [-0.1, -0.05) is 6.08 Å². The fourth-order valence-electron chi connectivity index (χ4n) is 2.38. The van der Waals surface area contributed by atoms with Gasteiger partial charge in [0.2, 0.25) is 5.91 Å². The van der Waals surface area contributed by atoms with Crippen molar-refractivity contribution in [1.29, 1.82) is 0 Å². The van der Waals surface area contributed by atoms with Gasteiger partial charge in [-0.2, -0.15) is 0 Å². The SMILES string of the molecule is CC1(C)OB(C2=CCN(C(=O)CNC(=O)O)CC2)OC1(C)C. The summed E-state index contributed by atoms with van der Waals surface area (Å²) in [5.41, 5.74) is 0.280. The molecule has 7 nitrogen and oxygen atoms in total. The maximum Gasteiger partial charge on any atom is 0.490 e. The lowest BCUT2D eigenvalue weighted by Crippen LogP contribution is -2.43. The Morgan fingerprint density at radius 1 is 1.32 bits per heavy atom. The molecular formula is C14H23BN2O5. The number of nitrogens with one attached hydrogen (secondary N) is 1. The van der Waals surface area contributed by atoms with Crippen LogP contribution in [0.1, 0.15) is 34.1 Å². The van der Waals surface area contributed by atoms with Gasteiger partial charge in [0.25, 0.3) is 0 Å². The van der Waals surface area contributed by atoms with Gasteiger partial charge in [0.1, 0.15) is 6.54 Å². The van der Waals surface area contributed by atoms with Crippen LogP contribution in [0.15, 0.2) is 11.5 Å². The van der Waals surface area contributed by atoms with E-state index in [1.54, 1.807) is 4.90 Å². The van der Waals surface area contributed by atoms with Crippen LogP contribution in [0.3, 0.4) is 0 Å². The van der Waals surface area contributed by atoms with E-state index in [9.17, 15) is 9.59 Å². The van der Waals surface area contributed by atoms with Crippen molar-refractivity contribution in [2.75, 3.05) is 19.6 Å². The normalized spacial score (nSPS) is 23.2. The number of nitrogens with zero attached hydrogens (tertiary/aromatic N) is 1. The second-order valence-electron chi connectivity index (χ2n) is 6.62. The molecule has 2 amide bonds. The minimum Gasteiger partial charge on any atom is -0.465 e. The van der Waals surface area contributed by atoms with E-state index in [2.05, 4.69) is 5.32 Å². The Morgan fingerprint density at radius 2 is 1.91 bits per heavy atom. The molecule has 0 aliphatic carbocycles. The van der Waals surface area contributed by atoms with E-state index in [-0.39, 0.29) is 30.8 Å². The van der Waals surface area contributed by atoms with Crippen LogP contribution in [-0.4, -0.2) is 60.0 Å². The van der Waals surface area contributed by atoms with Gasteiger partial charge < -0.3 is 24.6 Å². The van der Waals surface area contributed by atoms with E-state index in [1.165, 1.54) is 0 Å². The molecule has 1 fully saturated rings. The number of rotatable bonds is 3. The third kappa shape index (κ3) is 3.44. The van der Waals surface area contributed by atoms with Crippen molar-refractivity contribution in [2.45, 2.75) is 45.3 Å². The zero-order chi connectivity index (χ0) is 16.5. The van der Waals surface area contributed by atoms with Gasteiger partial charge in [-0.25, -0.2) is 4.79 Å². The highest BCUT2D eigenvalue weighted by molar-refractivity contribution is 6.54. The Labute approximate surface area is 130 Å². The molecule has 0 radical (unpaired) electrons. The quantitative estimate of drug-likeness (QED) is 0.761. The highest BCUT2D eigenvalue weighted by atomic mass is 16.7. The molecule has 1 saturated heterocycles. The van der Waals surface area contributed by atoms with E-state index in [4.69, 9.17) is 14.4 Å². The van der Waals surface area contributed by atoms with Crippen molar-refractivity contribution in [3.05, 3.63) is 11.5 Å². The van der Waals surface area contributed by atoms with Crippen molar-refractivity contribution >= 4 is 19.1 Å². The Kier molecular flexibility index (Phi) is 4.53. The fourth-order valence-corrected chi connectivity index (χ4v) is 2.38. The molecule has 0 aromatic heterocycles. The van der Waals surface area contributed by atoms with Crippen molar-refractivity contribution in [1.82, 2.24) is 10.2 Å². The summed E-state index contributed by atoms with van der Waals surface area (Å²) < 4.78 is 12.0. The Hall–Kier alpha value is -1.54. The zero-order valence-corrected chi connectivity index (χ0v) is 13.5. The first-order valence-corrected chi connectivity index (χ1v) is 7.41. The van der Waals surface area contributed by atoms with Gasteiger partial charge in [0.15, 0.2) is 0 Å². The molecule has 0 aromatic rings. The number of carboxylic acid groups (broad SMARTS) is 1. The van der Waals surface area contributed by atoms with Crippen LogP contribution in [0, 0.1) is 0 Å². The lowest BCUT2D eigenvalue weighted by atomic mass is 9.75. The van der Waals surface area contributed by atoms with Gasteiger partial charge in [0.05, 0.1) is 11.2 Å².